The molecule has 3 nitrogen and oxygen atoms in total. The molecule has 1 aromatic carbocycles. The van der Waals surface area contributed by atoms with Crippen LogP contribution < -0.4 is 5.32 Å². The molecule has 96 valence electrons. The molecule has 0 spiro atoms. The molecule has 18 heavy (non-hydrogen) atoms. The van der Waals surface area contributed by atoms with E-state index < -0.39 is 0 Å². The molecule has 0 saturated heterocycles. The highest BCUT2D eigenvalue weighted by Gasteiger charge is 2.24. The van der Waals surface area contributed by atoms with E-state index in [1.165, 1.54) is 36.2 Å². The Morgan fingerprint density at radius 1 is 1.39 bits per heavy atom. The molecule has 1 N–H and O–H groups in total. The van der Waals surface area contributed by atoms with Crippen molar-refractivity contribution in [2.24, 2.45) is 7.05 Å². The van der Waals surface area contributed by atoms with Gasteiger partial charge in [0.05, 0.1) is 11.0 Å². The molecule has 1 heterocycles. The van der Waals surface area contributed by atoms with Crippen LogP contribution in [0.25, 0.3) is 11.0 Å². The molecule has 3 rings (SSSR count). The van der Waals surface area contributed by atoms with Crippen molar-refractivity contribution >= 4 is 11.0 Å². The van der Waals surface area contributed by atoms with Crippen LogP contribution in [0.4, 0.5) is 0 Å². The first-order valence-corrected chi connectivity index (χ1v) is 6.95. The van der Waals surface area contributed by atoms with Gasteiger partial charge in [0.2, 0.25) is 0 Å². The molecule has 0 bridgehead atoms. The average Bonchev–Trinajstić information content (AvgIpc) is 2.63. The minimum atomic E-state index is 0.694. The van der Waals surface area contributed by atoms with E-state index in [4.69, 9.17) is 4.98 Å². The van der Waals surface area contributed by atoms with E-state index in [0.29, 0.717) is 5.92 Å². The summed E-state index contributed by atoms with van der Waals surface area (Å²) in [6.45, 7) is 4.09. The second kappa shape index (κ2) is 4.73. The van der Waals surface area contributed by atoms with Gasteiger partial charge in [-0.2, -0.15) is 0 Å². The topological polar surface area (TPSA) is 29.9 Å². The fourth-order valence-corrected chi connectivity index (χ4v) is 2.66. The first-order valence-electron chi connectivity index (χ1n) is 6.95. The van der Waals surface area contributed by atoms with Crippen molar-refractivity contribution in [3.8, 4) is 0 Å². The van der Waals surface area contributed by atoms with Gasteiger partial charge in [-0.3, -0.25) is 0 Å². The molecule has 0 unspecified atom stereocenters. The summed E-state index contributed by atoms with van der Waals surface area (Å²) >= 11 is 0. The Balaban J connectivity index is 1.96. The molecule has 2 aromatic rings. The number of fused-ring (bicyclic) bond motifs is 1. The number of aromatic nitrogens is 2. The van der Waals surface area contributed by atoms with Gasteiger partial charge in [-0.15, -0.1) is 0 Å². The van der Waals surface area contributed by atoms with Crippen LogP contribution in [0.3, 0.4) is 0 Å². The van der Waals surface area contributed by atoms with Gasteiger partial charge in [0.25, 0.3) is 0 Å². The van der Waals surface area contributed by atoms with Gasteiger partial charge < -0.3 is 9.88 Å². The molecule has 0 radical (unpaired) electrons. The molecule has 1 aromatic heterocycles. The van der Waals surface area contributed by atoms with Crippen molar-refractivity contribution in [3.05, 3.63) is 29.6 Å². The maximum Gasteiger partial charge on any atom is 0.112 e. The van der Waals surface area contributed by atoms with E-state index in [0.717, 1.165) is 18.6 Å². The van der Waals surface area contributed by atoms with E-state index in [9.17, 15) is 0 Å². The van der Waals surface area contributed by atoms with E-state index >= 15 is 0 Å². The molecular formula is C15H21N3. The Hall–Kier alpha value is -1.35. The number of aryl methyl sites for hydroxylation is 1. The second-order valence-corrected chi connectivity index (χ2v) is 5.26. The molecule has 1 aliphatic rings. The van der Waals surface area contributed by atoms with Gasteiger partial charge in [0.1, 0.15) is 5.82 Å². The van der Waals surface area contributed by atoms with E-state index in [1.807, 2.05) is 0 Å². The van der Waals surface area contributed by atoms with Crippen LogP contribution in [0.5, 0.6) is 0 Å². The number of hydrogen-bond donors (Lipinski definition) is 1. The van der Waals surface area contributed by atoms with Gasteiger partial charge >= 0.3 is 0 Å². The Morgan fingerprint density at radius 2 is 2.22 bits per heavy atom. The fraction of sp³-hybridized carbons (Fsp3) is 0.533. The Bertz CT molecular complexity index is 552. The van der Waals surface area contributed by atoms with Crippen LogP contribution in [0.1, 0.15) is 43.5 Å². The quantitative estimate of drug-likeness (QED) is 0.894. The number of imidazole rings is 1. The van der Waals surface area contributed by atoms with Crippen molar-refractivity contribution in [2.45, 2.75) is 38.6 Å². The lowest BCUT2D eigenvalue weighted by Crippen LogP contribution is -2.13. The number of hydrogen-bond acceptors (Lipinski definition) is 2. The summed E-state index contributed by atoms with van der Waals surface area (Å²) in [5, 5.41) is 3.37. The molecule has 1 fully saturated rings. The number of benzene rings is 1. The second-order valence-electron chi connectivity index (χ2n) is 5.26. The highest BCUT2D eigenvalue weighted by Crippen LogP contribution is 2.36. The molecule has 0 atom stereocenters. The van der Waals surface area contributed by atoms with Crippen molar-refractivity contribution < 1.29 is 0 Å². The summed E-state index contributed by atoms with van der Waals surface area (Å²) in [4.78, 5) is 4.80. The van der Waals surface area contributed by atoms with Gasteiger partial charge in [-0.05, 0) is 37.1 Å². The predicted molar refractivity (Wildman–Crippen MR) is 74.7 cm³/mol. The largest absolute Gasteiger partial charge is 0.331 e. The molecular weight excluding hydrogens is 222 g/mol. The zero-order valence-electron chi connectivity index (χ0n) is 11.2. The van der Waals surface area contributed by atoms with E-state index in [-0.39, 0.29) is 0 Å². The lowest BCUT2D eigenvalue weighted by molar-refractivity contribution is 0.394. The van der Waals surface area contributed by atoms with Crippen molar-refractivity contribution in [2.75, 3.05) is 6.54 Å². The smallest absolute Gasteiger partial charge is 0.112 e. The molecule has 1 aliphatic carbocycles. The SMILES string of the molecule is CCNCc1ccc2nc(C3CCC3)n(C)c2c1. The minimum Gasteiger partial charge on any atom is -0.331 e. The summed E-state index contributed by atoms with van der Waals surface area (Å²) in [7, 11) is 2.15. The Kier molecular flexibility index (Phi) is 3.08. The first kappa shape index (κ1) is 11.7. The maximum atomic E-state index is 4.80. The van der Waals surface area contributed by atoms with Gasteiger partial charge in [0.15, 0.2) is 0 Å². The van der Waals surface area contributed by atoms with Crippen molar-refractivity contribution in [1.29, 1.82) is 0 Å². The lowest BCUT2D eigenvalue weighted by atomic mass is 9.85. The standard InChI is InChI=1S/C15H21N3/c1-3-16-10-11-7-8-13-14(9-11)18(2)15(17-13)12-5-4-6-12/h7-9,12,16H,3-6,10H2,1-2H3. The minimum absolute atomic E-state index is 0.694. The molecule has 0 aliphatic heterocycles. The van der Waals surface area contributed by atoms with Crippen LogP contribution in [-0.2, 0) is 13.6 Å². The Labute approximate surface area is 108 Å². The van der Waals surface area contributed by atoms with E-state index in [2.05, 4.69) is 42.1 Å². The number of rotatable bonds is 4. The molecule has 3 heteroatoms. The average molecular weight is 243 g/mol. The van der Waals surface area contributed by atoms with Crippen LogP contribution in [0.2, 0.25) is 0 Å². The third-order valence-corrected chi connectivity index (χ3v) is 4.03. The summed E-state index contributed by atoms with van der Waals surface area (Å²) in [6.07, 6.45) is 3.97. The van der Waals surface area contributed by atoms with Crippen LogP contribution in [0, 0.1) is 0 Å². The highest BCUT2D eigenvalue weighted by molar-refractivity contribution is 5.77. The normalized spacial score (nSPS) is 16.1. The molecule has 0 amide bonds. The lowest BCUT2D eigenvalue weighted by Gasteiger charge is -2.24. The van der Waals surface area contributed by atoms with Crippen molar-refractivity contribution in [1.82, 2.24) is 14.9 Å². The predicted octanol–water partition coefficient (Wildman–Crippen LogP) is 2.95. The highest BCUT2D eigenvalue weighted by atomic mass is 15.1. The van der Waals surface area contributed by atoms with Crippen LogP contribution >= 0.6 is 0 Å². The number of nitrogens with one attached hydrogen (secondary N) is 1. The van der Waals surface area contributed by atoms with Gasteiger partial charge in [-0.1, -0.05) is 19.4 Å². The van der Waals surface area contributed by atoms with Gasteiger partial charge in [-0.25, -0.2) is 4.98 Å². The fourth-order valence-electron chi connectivity index (χ4n) is 2.66. The van der Waals surface area contributed by atoms with Crippen LogP contribution in [0.15, 0.2) is 18.2 Å². The zero-order chi connectivity index (χ0) is 12.5. The summed E-state index contributed by atoms with van der Waals surface area (Å²) in [5.74, 6) is 1.97. The van der Waals surface area contributed by atoms with Gasteiger partial charge in [0, 0.05) is 19.5 Å². The first-order chi connectivity index (χ1) is 8.79. The Morgan fingerprint density at radius 3 is 2.89 bits per heavy atom. The summed E-state index contributed by atoms with van der Waals surface area (Å²) in [5.41, 5.74) is 3.75. The third kappa shape index (κ3) is 1.93. The molecule has 1 saturated carbocycles. The van der Waals surface area contributed by atoms with Crippen LogP contribution in [-0.4, -0.2) is 16.1 Å². The third-order valence-electron chi connectivity index (χ3n) is 4.03. The summed E-state index contributed by atoms with van der Waals surface area (Å²) < 4.78 is 2.29. The monoisotopic (exact) mass is 243 g/mol. The van der Waals surface area contributed by atoms with Crippen molar-refractivity contribution in [3.63, 3.8) is 0 Å². The van der Waals surface area contributed by atoms with E-state index in [1.54, 1.807) is 0 Å². The number of nitrogens with zero attached hydrogens (tertiary/aromatic N) is 2. The summed E-state index contributed by atoms with van der Waals surface area (Å²) in [6, 6.07) is 6.61. The maximum absolute atomic E-state index is 4.80. The zero-order valence-corrected chi connectivity index (χ0v) is 11.2.